The summed E-state index contributed by atoms with van der Waals surface area (Å²) in [5.74, 6) is 1.32. The smallest absolute Gasteiger partial charge is 0.315 e. The van der Waals surface area contributed by atoms with Crippen molar-refractivity contribution < 1.29 is 14.3 Å². The van der Waals surface area contributed by atoms with E-state index in [0.29, 0.717) is 18.0 Å². The molecule has 2 N–H and O–H groups in total. The van der Waals surface area contributed by atoms with Crippen molar-refractivity contribution in [3.63, 3.8) is 0 Å². The molecule has 1 aromatic rings. The lowest BCUT2D eigenvalue weighted by Gasteiger charge is -2.27. The Balaban J connectivity index is 2.88. The normalized spacial score (nSPS) is 10.8. The maximum Gasteiger partial charge on any atom is 0.315 e. The van der Waals surface area contributed by atoms with Crippen LogP contribution in [0, 0.1) is 0 Å². The quantitative estimate of drug-likeness (QED) is 0.842. The number of carbonyl (C=O) groups excluding carboxylic acids is 1. The van der Waals surface area contributed by atoms with Gasteiger partial charge in [-0.25, -0.2) is 4.79 Å². The first-order valence-corrected chi connectivity index (χ1v) is 6.73. The summed E-state index contributed by atoms with van der Waals surface area (Å²) in [5, 5.41) is 5.75. The molecule has 0 unspecified atom stereocenters. The van der Waals surface area contributed by atoms with E-state index in [4.69, 9.17) is 9.47 Å². The summed E-state index contributed by atoms with van der Waals surface area (Å²) in [5.41, 5.74) is 0.444. The molecule has 2 amide bonds. The van der Waals surface area contributed by atoms with E-state index in [-0.39, 0.29) is 6.03 Å². The Hall–Kier alpha value is -1.91. The van der Waals surface area contributed by atoms with Gasteiger partial charge in [-0.2, -0.15) is 0 Å². The van der Waals surface area contributed by atoms with Gasteiger partial charge in [0.25, 0.3) is 0 Å². The Labute approximate surface area is 120 Å². The Morgan fingerprint density at radius 3 is 2.40 bits per heavy atom. The van der Waals surface area contributed by atoms with E-state index in [9.17, 15) is 4.79 Å². The summed E-state index contributed by atoms with van der Waals surface area (Å²) in [7, 11) is 3.19. The largest absolute Gasteiger partial charge is 0.493 e. The maximum absolute atomic E-state index is 11.8. The van der Waals surface area contributed by atoms with E-state index in [0.717, 1.165) is 12.0 Å². The monoisotopic (exact) mass is 280 g/mol. The van der Waals surface area contributed by atoms with Crippen LogP contribution in [0.2, 0.25) is 0 Å². The van der Waals surface area contributed by atoms with Gasteiger partial charge in [0.05, 0.1) is 19.8 Å². The minimum atomic E-state index is -0.503. The third kappa shape index (κ3) is 4.05. The summed E-state index contributed by atoms with van der Waals surface area (Å²) >= 11 is 0. The predicted octanol–water partition coefficient (Wildman–Crippen LogP) is 2.65. The molecule has 112 valence electrons. The fraction of sp³-hybridized carbons (Fsp3) is 0.533. The Bertz CT molecular complexity index is 458. The van der Waals surface area contributed by atoms with E-state index in [1.807, 2.05) is 39.0 Å². The van der Waals surface area contributed by atoms with Crippen molar-refractivity contribution >= 4 is 6.03 Å². The Morgan fingerprint density at radius 1 is 1.20 bits per heavy atom. The van der Waals surface area contributed by atoms with Gasteiger partial charge in [-0.3, -0.25) is 0 Å². The van der Waals surface area contributed by atoms with Crippen LogP contribution < -0.4 is 20.1 Å². The van der Waals surface area contributed by atoms with E-state index in [2.05, 4.69) is 10.6 Å². The highest BCUT2D eigenvalue weighted by atomic mass is 16.5. The predicted molar refractivity (Wildman–Crippen MR) is 79.4 cm³/mol. The number of hydrogen-bond acceptors (Lipinski definition) is 3. The Morgan fingerprint density at radius 2 is 1.85 bits per heavy atom. The molecule has 0 aromatic heterocycles. The number of nitrogens with one attached hydrogen (secondary N) is 2. The zero-order valence-corrected chi connectivity index (χ0v) is 12.9. The topological polar surface area (TPSA) is 59.6 Å². The van der Waals surface area contributed by atoms with Gasteiger partial charge in [-0.1, -0.05) is 13.0 Å². The molecule has 0 atom stereocenters. The average molecular weight is 280 g/mol. The summed E-state index contributed by atoms with van der Waals surface area (Å²) in [4.78, 5) is 11.8. The molecule has 5 heteroatoms. The molecule has 5 nitrogen and oxygen atoms in total. The summed E-state index contributed by atoms with van der Waals surface area (Å²) in [6.07, 6.45) is 0.907. The van der Waals surface area contributed by atoms with Crippen molar-refractivity contribution in [1.82, 2.24) is 10.6 Å². The first-order valence-electron chi connectivity index (χ1n) is 6.73. The van der Waals surface area contributed by atoms with Crippen molar-refractivity contribution in [1.29, 1.82) is 0 Å². The molecular weight excluding hydrogens is 256 g/mol. The second-order valence-corrected chi connectivity index (χ2v) is 5.08. The fourth-order valence-electron chi connectivity index (χ4n) is 1.86. The third-order valence-electron chi connectivity index (χ3n) is 3.07. The van der Waals surface area contributed by atoms with E-state index in [1.54, 1.807) is 14.2 Å². The molecule has 1 aromatic carbocycles. The van der Waals surface area contributed by atoms with Gasteiger partial charge in [-0.15, -0.1) is 0 Å². The van der Waals surface area contributed by atoms with Crippen LogP contribution in [0.15, 0.2) is 18.2 Å². The molecule has 0 aliphatic heterocycles. The van der Waals surface area contributed by atoms with Gasteiger partial charge in [0.1, 0.15) is 0 Å². The minimum absolute atomic E-state index is 0.174. The van der Waals surface area contributed by atoms with E-state index < -0.39 is 5.54 Å². The third-order valence-corrected chi connectivity index (χ3v) is 3.07. The highest BCUT2D eigenvalue weighted by molar-refractivity contribution is 5.75. The zero-order chi connectivity index (χ0) is 15.2. The van der Waals surface area contributed by atoms with Crippen molar-refractivity contribution in [3.05, 3.63) is 23.8 Å². The first kappa shape index (κ1) is 16.1. The number of carbonyl (C=O) groups is 1. The molecule has 0 fully saturated rings. The number of ether oxygens (including phenoxy) is 2. The molecule has 0 spiro atoms. The molecule has 0 saturated heterocycles. The standard InChI is InChI=1S/C15H24N2O3/c1-6-9-16-14(18)17-15(2,3)11-7-8-12(19-4)13(10-11)20-5/h7-8,10H,6,9H2,1-5H3,(H2,16,17,18). The molecule has 0 bridgehead atoms. The van der Waals surface area contributed by atoms with Crippen LogP contribution >= 0.6 is 0 Å². The van der Waals surface area contributed by atoms with Crippen molar-refractivity contribution in [2.45, 2.75) is 32.7 Å². The van der Waals surface area contributed by atoms with Crippen LogP contribution in [-0.4, -0.2) is 26.8 Å². The molecular formula is C15H24N2O3. The molecule has 0 radical (unpaired) electrons. The van der Waals surface area contributed by atoms with Gasteiger partial charge in [0, 0.05) is 6.54 Å². The first-order chi connectivity index (χ1) is 9.44. The van der Waals surface area contributed by atoms with Crippen molar-refractivity contribution in [3.8, 4) is 11.5 Å². The molecule has 0 heterocycles. The molecule has 0 saturated carbocycles. The minimum Gasteiger partial charge on any atom is -0.493 e. The summed E-state index contributed by atoms with van der Waals surface area (Å²) < 4.78 is 10.5. The average Bonchev–Trinajstić information content (AvgIpc) is 2.43. The fourth-order valence-corrected chi connectivity index (χ4v) is 1.86. The summed E-state index contributed by atoms with van der Waals surface area (Å²) in [6.45, 7) is 6.56. The molecule has 0 aliphatic carbocycles. The lowest BCUT2D eigenvalue weighted by Crippen LogP contribution is -2.46. The molecule has 20 heavy (non-hydrogen) atoms. The number of amides is 2. The number of benzene rings is 1. The SMILES string of the molecule is CCCNC(=O)NC(C)(C)c1ccc(OC)c(OC)c1. The van der Waals surface area contributed by atoms with Gasteiger partial charge in [-0.05, 0) is 38.0 Å². The van der Waals surface area contributed by atoms with E-state index in [1.165, 1.54) is 0 Å². The van der Waals surface area contributed by atoms with Gasteiger partial charge in [0.15, 0.2) is 11.5 Å². The number of urea groups is 1. The Kier molecular flexibility index (Phi) is 5.67. The second-order valence-electron chi connectivity index (χ2n) is 5.08. The van der Waals surface area contributed by atoms with Crippen LogP contribution in [-0.2, 0) is 5.54 Å². The van der Waals surface area contributed by atoms with E-state index >= 15 is 0 Å². The maximum atomic E-state index is 11.8. The number of methoxy groups -OCH3 is 2. The van der Waals surface area contributed by atoms with Crippen LogP contribution in [0.25, 0.3) is 0 Å². The summed E-state index contributed by atoms with van der Waals surface area (Å²) in [6, 6.07) is 5.45. The highest BCUT2D eigenvalue weighted by Crippen LogP contribution is 2.31. The number of rotatable bonds is 6. The van der Waals surface area contributed by atoms with Crippen LogP contribution in [0.3, 0.4) is 0 Å². The van der Waals surface area contributed by atoms with Gasteiger partial charge < -0.3 is 20.1 Å². The van der Waals surface area contributed by atoms with Crippen molar-refractivity contribution in [2.75, 3.05) is 20.8 Å². The van der Waals surface area contributed by atoms with Gasteiger partial charge >= 0.3 is 6.03 Å². The highest BCUT2D eigenvalue weighted by Gasteiger charge is 2.24. The zero-order valence-electron chi connectivity index (χ0n) is 12.9. The lowest BCUT2D eigenvalue weighted by molar-refractivity contribution is 0.230. The number of hydrogen-bond donors (Lipinski definition) is 2. The lowest BCUT2D eigenvalue weighted by atomic mass is 9.94. The van der Waals surface area contributed by atoms with Crippen LogP contribution in [0.1, 0.15) is 32.8 Å². The van der Waals surface area contributed by atoms with Crippen molar-refractivity contribution in [2.24, 2.45) is 0 Å². The second kappa shape index (κ2) is 7.03. The molecule has 0 aliphatic rings. The molecule has 1 rings (SSSR count). The van der Waals surface area contributed by atoms with Crippen LogP contribution in [0.5, 0.6) is 11.5 Å². The van der Waals surface area contributed by atoms with Gasteiger partial charge in [0.2, 0.25) is 0 Å². The van der Waals surface area contributed by atoms with Crippen LogP contribution in [0.4, 0.5) is 4.79 Å².